The van der Waals surface area contributed by atoms with Crippen molar-refractivity contribution in [2.75, 3.05) is 40.3 Å². The zero-order valence-corrected chi connectivity index (χ0v) is 31.5. The number of nitrogens with zero attached hydrogens (tertiary/aromatic N) is 4. The van der Waals surface area contributed by atoms with Crippen molar-refractivity contribution in [3.63, 3.8) is 0 Å². The van der Waals surface area contributed by atoms with Gasteiger partial charge in [-0.3, -0.25) is 28.9 Å². The third kappa shape index (κ3) is 10.4. The molecule has 0 aliphatic carbocycles. The molecular formula is C38H48N8O6S. The van der Waals surface area contributed by atoms with E-state index in [2.05, 4.69) is 25.9 Å². The molecule has 0 saturated heterocycles. The third-order valence-electron chi connectivity index (χ3n) is 9.11. The Bertz CT molecular complexity index is 1940. The highest BCUT2D eigenvalue weighted by Crippen LogP contribution is 2.26. The number of hydrogen-bond donors (Lipinski definition) is 5. The first-order valence-electron chi connectivity index (χ1n) is 17.7. The Morgan fingerprint density at radius 2 is 1.64 bits per heavy atom. The van der Waals surface area contributed by atoms with E-state index in [9.17, 15) is 29.1 Å². The molecule has 282 valence electrons. The topological polar surface area (TPSA) is 180 Å². The molecule has 1 aliphatic heterocycles. The maximum absolute atomic E-state index is 13.9. The lowest BCUT2D eigenvalue weighted by Gasteiger charge is -2.28. The molecule has 2 aromatic heterocycles. The second-order valence-corrected chi connectivity index (χ2v) is 14.9. The Balaban J connectivity index is 1.45. The predicted molar refractivity (Wildman–Crippen MR) is 202 cm³/mol. The number of amides is 5. The number of aromatic amines is 1. The highest BCUT2D eigenvalue weighted by molar-refractivity contribution is 7.09. The van der Waals surface area contributed by atoms with Crippen molar-refractivity contribution < 1.29 is 29.1 Å². The van der Waals surface area contributed by atoms with Gasteiger partial charge in [0.05, 0.1) is 19.1 Å². The number of fused-ring (bicyclic) bond motifs is 3. The van der Waals surface area contributed by atoms with Crippen LogP contribution < -0.4 is 16.0 Å². The van der Waals surface area contributed by atoms with Crippen molar-refractivity contribution in [1.29, 1.82) is 0 Å². The molecule has 0 unspecified atom stereocenters. The minimum absolute atomic E-state index is 0.0126. The van der Waals surface area contributed by atoms with Gasteiger partial charge in [-0.15, -0.1) is 11.3 Å². The maximum atomic E-state index is 13.9. The molecule has 5 N–H and O–H groups in total. The summed E-state index contributed by atoms with van der Waals surface area (Å²) in [6.07, 6.45) is 2.50. The van der Waals surface area contributed by atoms with Crippen LogP contribution in [0.5, 0.6) is 5.75 Å². The summed E-state index contributed by atoms with van der Waals surface area (Å²) in [5.41, 5.74) is 2.58. The number of benzene rings is 2. The number of phenols is 1. The first-order chi connectivity index (χ1) is 25.3. The number of rotatable bonds is 6. The van der Waals surface area contributed by atoms with Gasteiger partial charge in [-0.1, -0.05) is 44.2 Å². The van der Waals surface area contributed by atoms with Crippen LogP contribution in [0.1, 0.15) is 59.9 Å². The van der Waals surface area contributed by atoms with E-state index in [0.717, 1.165) is 22.0 Å². The summed E-state index contributed by atoms with van der Waals surface area (Å²) in [6.45, 7) is 6.17. The molecule has 5 amide bonds. The number of phenolic OH excluding ortho intramolecular Hbond substituents is 1. The predicted octanol–water partition coefficient (Wildman–Crippen LogP) is 2.81. The fourth-order valence-corrected chi connectivity index (χ4v) is 7.27. The van der Waals surface area contributed by atoms with Crippen molar-refractivity contribution in [3.8, 4) is 5.75 Å². The number of thiazole rings is 1. The summed E-state index contributed by atoms with van der Waals surface area (Å²) >= 11 is 1.25. The van der Waals surface area contributed by atoms with Gasteiger partial charge in [0.15, 0.2) is 0 Å². The molecule has 14 nitrogen and oxygen atoms in total. The van der Waals surface area contributed by atoms with Gasteiger partial charge in [0, 0.05) is 62.6 Å². The Morgan fingerprint density at radius 1 is 0.887 bits per heavy atom. The molecular weight excluding hydrogens is 697 g/mol. The summed E-state index contributed by atoms with van der Waals surface area (Å²) in [5, 5.41) is 21.8. The quantitative estimate of drug-likeness (QED) is 0.200. The van der Waals surface area contributed by atoms with E-state index >= 15 is 0 Å². The summed E-state index contributed by atoms with van der Waals surface area (Å²) in [5.74, 6) is -1.93. The van der Waals surface area contributed by atoms with E-state index in [1.54, 1.807) is 43.7 Å². The van der Waals surface area contributed by atoms with Crippen LogP contribution >= 0.6 is 11.3 Å². The van der Waals surface area contributed by atoms with Crippen LogP contribution in [0.15, 0.2) is 60.1 Å². The number of carbonyl (C=O) groups excluding carboxylic acids is 5. The van der Waals surface area contributed by atoms with Crippen molar-refractivity contribution in [3.05, 3.63) is 81.9 Å². The molecule has 3 heterocycles. The molecule has 0 saturated carbocycles. The van der Waals surface area contributed by atoms with Gasteiger partial charge >= 0.3 is 0 Å². The lowest BCUT2D eigenvalue weighted by Crippen LogP contribution is -2.53. The van der Waals surface area contributed by atoms with Crippen LogP contribution in [0.25, 0.3) is 10.9 Å². The second-order valence-electron chi connectivity index (χ2n) is 14.0. The lowest BCUT2D eigenvalue weighted by molar-refractivity contribution is -0.138. The van der Waals surface area contributed by atoms with E-state index in [1.165, 1.54) is 28.2 Å². The Morgan fingerprint density at radius 3 is 2.40 bits per heavy atom. The highest BCUT2D eigenvalue weighted by atomic mass is 32.1. The molecule has 2 aromatic carbocycles. The molecule has 15 heteroatoms. The molecule has 3 atom stereocenters. The minimum Gasteiger partial charge on any atom is -0.508 e. The SMILES string of the molecule is CC(C)C[C@@H]1NC(=O)CN(Cc2cccc(O)c2)CCN(C)C(=O)[C@H](C)NC(=O)CN(C)C(=O)[C@@H](Cc2c[nH]c3ccccc23)NC(=O)c2csc1n2. The zero-order chi connectivity index (χ0) is 38.2. The number of likely N-dealkylation sites (N-methyl/N-ethyl adjacent to an activating group) is 2. The number of aromatic hydroxyl groups is 1. The molecule has 53 heavy (non-hydrogen) atoms. The second kappa shape index (κ2) is 17.5. The minimum atomic E-state index is -1.05. The maximum Gasteiger partial charge on any atom is 0.271 e. The third-order valence-corrected chi connectivity index (χ3v) is 10.1. The number of para-hydroxylation sites is 1. The van der Waals surface area contributed by atoms with Crippen molar-refractivity contribution in [2.24, 2.45) is 5.92 Å². The molecule has 4 aromatic rings. The number of H-pyrrole nitrogens is 1. The van der Waals surface area contributed by atoms with Gasteiger partial charge in [-0.2, -0.15) is 0 Å². The van der Waals surface area contributed by atoms with Crippen molar-refractivity contribution in [2.45, 2.75) is 58.3 Å². The van der Waals surface area contributed by atoms with E-state index in [4.69, 9.17) is 0 Å². The average molecular weight is 745 g/mol. The van der Waals surface area contributed by atoms with Gasteiger partial charge in [-0.25, -0.2) is 4.98 Å². The van der Waals surface area contributed by atoms with Crippen LogP contribution in [0.4, 0.5) is 0 Å². The highest BCUT2D eigenvalue weighted by Gasteiger charge is 2.30. The number of nitrogens with one attached hydrogen (secondary N) is 4. The Kier molecular flexibility index (Phi) is 12.9. The summed E-state index contributed by atoms with van der Waals surface area (Å²) in [6, 6.07) is 12.0. The molecule has 0 fully saturated rings. The van der Waals surface area contributed by atoms with E-state index in [-0.39, 0.29) is 55.2 Å². The molecule has 5 rings (SSSR count). The number of hydrogen-bond acceptors (Lipinski definition) is 9. The molecule has 1 aliphatic rings. The van der Waals surface area contributed by atoms with Crippen LogP contribution in [0, 0.1) is 5.92 Å². The monoisotopic (exact) mass is 744 g/mol. The Hall–Kier alpha value is -5.28. The average Bonchev–Trinajstić information content (AvgIpc) is 3.77. The van der Waals surface area contributed by atoms with Crippen LogP contribution in [0.3, 0.4) is 0 Å². The fraction of sp³-hybridized carbons (Fsp3) is 0.421. The normalized spacial score (nSPS) is 20.6. The summed E-state index contributed by atoms with van der Waals surface area (Å²) < 4.78 is 0. The van der Waals surface area contributed by atoms with Crippen molar-refractivity contribution in [1.82, 2.24) is 40.6 Å². The van der Waals surface area contributed by atoms with Gasteiger partial charge in [0.1, 0.15) is 28.5 Å². The molecule has 0 spiro atoms. The lowest BCUT2D eigenvalue weighted by atomic mass is 10.0. The number of carbonyl (C=O) groups is 5. The van der Waals surface area contributed by atoms with Crippen LogP contribution in [0.2, 0.25) is 0 Å². The standard InChI is InChI=1S/C38H48N8O6S/c1-23(2)15-30-36-43-32(22-53-36)35(50)42-31(17-26-18-39-29-12-7-6-11-28(26)29)38(52)45(5)20-33(48)40-24(3)37(51)44(4)13-14-46(21-34(49)41-30)19-25-9-8-10-27(47)16-25/h6-12,16,18,22-24,30-31,39,47H,13-15,17,19-21H2,1-5H3,(H,40,48)(H,41,49)(H,42,50)/t24-,30-,31+/m0/s1. The Labute approximate surface area is 312 Å². The first kappa shape index (κ1) is 38.9. The van der Waals surface area contributed by atoms with E-state index in [0.29, 0.717) is 24.5 Å². The van der Waals surface area contributed by atoms with Gasteiger partial charge in [0.2, 0.25) is 23.6 Å². The van der Waals surface area contributed by atoms with Gasteiger partial charge < -0.3 is 35.8 Å². The van der Waals surface area contributed by atoms with E-state index in [1.807, 2.05) is 49.1 Å². The number of aromatic nitrogens is 2. The fourth-order valence-electron chi connectivity index (χ4n) is 6.41. The van der Waals surface area contributed by atoms with E-state index < -0.39 is 35.8 Å². The summed E-state index contributed by atoms with van der Waals surface area (Å²) in [4.78, 5) is 80.2. The zero-order valence-electron chi connectivity index (χ0n) is 30.7. The van der Waals surface area contributed by atoms with Crippen LogP contribution in [-0.2, 0) is 32.1 Å². The van der Waals surface area contributed by atoms with Crippen LogP contribution in [-0.4, -0.2) is 112 Å². The van der Waals surface area contributed by atoms with Crippen molar-refractivity contribution >= 4 is 51.8 Å². The van der Waals surface area contributed by atoms with Gasteiger partial charge in [-0.05, 0) is 48.6 Å². The molecule has 2 bridgehead atoms. The summed E-state index contributed by atoms with van der Waals surface area (Å²) in [7, 11) is 3.10. The molecule has 0 radical (unpaired) electrons. The first-order valence-corrected chi connectivity index (χ1v) is 18.6. The van der Waals surface area contributed by atoms with Gasteiger partial charge in [0.25, 0.3) is 5.91 Å². The largest absolute Gasteiger partial charge is 0.508 e. The smallest absolute Gasteiger partial charge is 0.271 e.